The molecule has 1 aliphatic heterocycles. The molecule has 0 radical (unpaired) electrons. The van der Waals surface area contributed by atoms with E-state index in [1.54, 1.807) is 6.07 Å². The van der Waals surface area contributed by atoms with Gasteiger partial charge in [-0.2, -0.15) is 18.3 Å². The van der Waals surface area contributed by atoms with Gasteiger partial charge in [0.1, 0.15) is 0 Å². The Morgan fingerprint density at radius 3 is 2.68 bits per heavy atom. The molecule has 4 nitrogen and oxygen atoms in total. The van der Waals surface area contributed by atoms with Crippen LogP contribution in [0.4, 0.5) is 13.2 Å². The highest BCUT2D eigenvalue weighted by Crippen LogP contribution is 2.30. The Labute approximate surface area is 161 Å². The summed E-state index contributed by atoms with van der Waals surface area (Å²) in [7, 11) is 0. The van der Waals surface area contributed by atoms with Crippen molar-refractivity contribution in [2.24, 2.45) is 0 Å². The van der Waals surface area contributed by atoms with Crippen LogP contribution in [0.15, 0.2) is 48.7 Å². The molecule has 148 valence electrons. The largest absolute Gasteiger partial charge is 0.416 e. The highest BCUT2D eigenvalue weighted by molar-refractivity contribution is 5.78. The quantitative estimate of drug-likeness (QED) is 0.684. The summed E-state index contributed by atoms with van der Waals surface area (Å²) in [4.78, 5) is 2.38. The lowest BCUT2D eigenvalue weighted by atomic mass is 10.1. The standard InChI is InChI=1S/C21H22F3N3O/c22-21(23,24)18-3-1-2-16(11-18)14-28-19-6-8-27(9-7-19)13-15-4-5-20-17(10-15)12-25-26-20/h1-5,10-12,19H,6-9,13-14H2,(H,25,26). The van der Waals surface area contributed by atoms with E-state index in [2.05, 4.69) is 27.2 Å². The first-order chi connectivity index (χ1) is 13.5. The minimum absolute atomic E-state index is 0.0853. The number of ether oxygens (including phenoxy) is 1. The predicted octanol–water partition coefficient (Wildman–Crippen LogP) is 4.76. The molecule has 4 rings (SSSR count). The number of halogens is 3. The molecule has 1 saturated heterocycles. The Morgan fingerprint density at radius 2 is 1.89 bits per heavy atom. The zero-order chi connectivity index (χ0) is 19.6. The summed E-state index contributed by atoms with van der Waals surface area (Å²) in [6, 6.07) is 11.7. The molecule has 1 aromatic heterocycles. The van der Waals surface area contributed by atoms with Gasteiger partial charge in [0.25, 0.3) is 0 Å². The van der Waals surface area contributed by atoms with Crippen molar-refractivity contribution < 1.29 is 17.9 Å². The highest BCUT2D eigenvalue weighted by Gasteiger charge is 2.30. The molecule has 0 saturated carbocycles. The van der Waals surface area contributed by atoms with Crippen LogP contribution in [-0.4, -0.2) is 34.3 Å². The van der Waals surface area contributed by atoms with Crippen LogP contribution < -0.4 is 0 Å². The van der Waals surface area contributed by atoms with Crippen LogP contribution in [0.2, 0.25) is 0 Å². The second kappa shape index (κ2) is 7.93. The SMILES string of the molecule is FC(F)(F)c1cccc(COC2CCN(Cc3ccc4[nH]ncc4c3)CC2)c1. The van der Waals surface area contributed by atoms with Crippen molar-refractivity contribution in [3.8, 4) is 0 Å². The van der Waals surface area contributed by atoms with E-state index in [4.69, 9.17) is 4.74 Å². The topological polar surface area (TPSA) is 41.1 Å². The number of benzene rings is 2. The number of H-pyrrole nitrogens is 1. The fourth-order valence-electron chi connectivity index (χ4n) is 3.63. The van der Waals surface area contributed by atoms with Crippen molar-refractivity contribution in [2.75, 3.05) is 13.1 Å². The van der Waals surface area contributed by atoms with E-state index in [0.717, 1.165) is 49.4 Å². The smallest absolute Gasteiger partial charge is 0.373 e. The summed E-state index contributed by atoms with van der Waals surface area (Å²) >= 11 is 0. The summed E-state index contributed by atoms with van der Waals surface area (Å²) in [6.45, 7) is 2.92. The molecule has 0 spiro atoms. The minimum Gasteiger partial charge on any atom is -0.373 e. The maximum Gasteiger partial charge on any atom is 0.416 e. The molecule has 7 heteroatoms. The van der Waals surface area contributed by atoms with Gasteiger partial charge in [-0.15, -0.1) is 0 Å². The Morgan fingerprint density at radius 1 is 1.07 bits per heavy atom. The predicted molar refractivity (Wildman–Crippen MR) is 101 cm³/mol. The monoisotopic (exact) mass is 389 g/mol. The van der Waals surface area contributed by atoms with Crippen molar-refractivity contribution in [3.05, 3.63) is 65.4 Å². The Hall–Kier alpha value is -2.38. The molecule has 1 N–H and O–H groups in total. The molecule has 3 aromatic rings. The first-order valence-electron chi connectivity index (χ1n) is 9.39. The molecular weight excluding hydrogens is 367 g/mol. The summed E-state index contributed by atoms with van der Waals surface area (Å²) in [5.41, 5.74) is 2.21. The number of nitrogens with zero attached hydrogens (tertiary/aromatic N) is 2. The van der Waals surface area contributed by atoms with Crippen LogP contribution in [0.25, 0.3) is 10.9 Å². The molecule has 2 aromatic carbocycles. The number of hydrogen-bond donors (Lipinski definition) is 1. The number of aromatic nitrogens is 2. The van der Waals surface area contributed by atoms with Gasteiger partial charge in [0.2, 0.25) is 0 Å². The van der Waals surface area contributed by atoms with E-state index in [1.165, 1.54) is 17.7 Å². The van der Waals surface area contributed by atoms with Gasteiger partial charge in [0, 0.05) is 25.0 Å². The van der Waals surface area contributed by atoms with Gasteiger partial charge >= 0.3 is 6.18 Å². The Bertz CT molecular complexity index is 930. The van der Waals surface area contributed by atoms with E-state index >= 15 is 0 Å². The van der Waals surface area contributed by atoms with Gasteiger partial charge in [-0.1, -0.05) is 18.2 Å². The summed E-state index contributed by atoms with van der Waals surface area (Å²) in [5, 5.41) is 8.11. The molecule has 2 heterocycles. The van der Waals surface area contributed by atoms with Gasteiger partial charge in [0.15, 0.2) is 0 Å². The van der Waals surface area contributed by atoms with Gasteiger partial charge in [0.05, 0.1) is 30.0 Å². The van der Waals surface area contributed by atoms with Crippen molar-refractivity contribution in [1.82, 2.24) is 15.1 Å². The molecule has 0 atom stereocenters. The van der Waals surface area contributed by atoms with Crippen molar-refractivity contribution in [3.63, 3.8) is 0 Å². The zero-order valence-corrected chi connectivity index (χ0v) is 15.4. The fourth-order valence-corrected chi connectivity index (χ4v) is 3.63. The average Bonchev–Trinajstić information content (AvgIpc) is 3.15. The number of alkyl halides is 3. The van der Waals surface area contributed by atoms with E-state index < -0.39 is 11.7 Å². The molecule has 0 amide bonds. The number of nitrogens with one attached hydrogen (secondary N) is 1. The van der Waals surface area contributed by atoms with Crippen molar-refractivity contribution in [1.29, 1.82) is 0 Å². The molecular formula is C21H22F3N3O. The summed E-state index contributed by atoms with van der Waals surface area (Å²) in [6.07, 6.45) is -0.644. The third-order valence-corrected chi connectivity index (χ3v) is 5.19. The number of aromatic amines is 1. The molecule has 0 unspecified atom stereocenters. The number of rotatable bonds is 5. The molecule has 0 aliphatic carbocycles. The van der Waals surface area contributed by atoms with Gasteiger partial charge in [-0.3, -0.25) is 10.00 Å². The minimum atomic E-state index is -4.32. The van der Waals surface area contributed by atoms with Crippen LogP contribution in [0.1, 0.15) is 29.5 Å². The average molecular weight is 389 g/mol. The van der Waals surface area contributed by atoms with E-state index in [1.807, 2.05) is 12.3 Å². The number of piperidine rings is 1. The van der Waals surface area contributed by atoms with Crippen LogP contribution >= 0.6 is 0 Å². The molecule has 1 fully saturated rings. The normalized spacial score (nSPS) is 16.7. The van der Waals surface area contributed by atoms with Gasteiger partial charge in [-0.05, 0) is 48.2 Å². The highest BCUT2D eigenvalue weighted by atomic mass is 19.4. The lowest BCUT2D eigenvalue weighted by molar-refractivity contribution is -0.137. The van der Waals surface area contributed by atoms with E-state index in [-0.39, 0.29) is 12.7 Å². The van der Waals surface area contributed by atoms with Gasteiger partial charge in [-0.25, -0.2) is 0 Å². The van der Waals surface area contributed by atoms with Crippen LogP contribution in [0, 0.1) is 0 Å². The third-order valence-electron chi connectivity index (χ3n) is 5.19. The van der Waals surface area contributed by atoms with Crippen molar-refractivity contribution in [2.45, 2.75) is 38.3 Å². The zero-order valence-electron chi connectivity index (χ0n) is 15.4. The fraction of sp³-hybridized carbons (Fsp3) is 0.381. The second-order valence-corrected chi connectivity index (χ2v) is 7.28. The van der Waals surface area contributed by atoms with Crippen LogP contribution in [0.3, 0.4) is 0 Å². The first-order valence-corrected chi connectivity index (χ1v) is 9.39. The molecule has 1 aliphatic rings. The Balaban J connectivity index is 1.26. The van der Waals surface area contributed by atoms with Gasteiger partial charge < -0.3 is 4.74 Å². The van der Waals surface area contributed by atoms with E-state index in [9.17, 15) is 13.2 Å². The second-order valence-electron chi connectivity index (χ2n) is 7.28. The third kappa shape index (κ3) is 4.54. The summed E-state index contributed by atoms with van der Waals surface area (Å²) in [5.74, 6) is 0. The number of hydrogen-bond acceptors (Lipinski definition) is 3. The molecule has 0 bridgehead atoms. The Kier molecular flexibility index (Phi) is 5.37. The number of fused-ring (bicyclic) bond motifs is 1. The summed E-state index contributed by atoms with van der Waals surface area (Å²) < 4.78 is 44.3. The van der Waals surface area contributed by atoms with Crippen LogP contribution in [-0.2, 0) is 24.1 Å². The van der Waals surface area contributed by atoms with E-state index in [0.29, 0.717) is 5.56 Å². The maximum atomic E-state index is 12.8. The number of likely N-dealkylation sites (tertiary alicyclic amines) is 1. The molecule has 28 heavy (non-hydrogen) atoms. The lowest BCUT2D eigenvalue weighted by Gasteiger charge is -2.32. The first kappa shape index (κ1) is 19.0. The maximum absolute atomic E-state index is 12.8. The van der Waals surface area contributed by atoms with Crippen molar-refractivity contribution >= 4 is 10.9 Å². The lowest BCUT2D eigenvalue weighted by Crippen LogP contribution is -2.36. The van der Waals surface area contributed by atoms with Crippen LogP contribution in [0.5, 0.6) is 0 Å².